The van der Waals surface area contributed by atoms with E-state index in [0.29, 0.717) is 25.0 Å². The number of benzene rings is 3. The van der Waals surface area contributed by atoms with Gasteiger partial charge in [0.1, 0.15) is 24.7 Å². The molecule has 2 fully saturated rings. The second kappa shape index (κ2) is 11.8. The maximum atomic E-state index is 6.61. The maximum absolute atomic E-state index is 6.61. The average Bonchev–Trinajstić information content (AvgIpc) is 3.43. The summed E-state index contributed by atoms with van der Waals surface area (Å²) in [5.41, 5.74) is 8.13. The van der Waals surface area contributed by atoms with Crippen LogP contribution in [0.3, 0.4) is 0 Å². The number of para-hydroxylation sites is 2. The van der Waals surface area contributed by atoms with Crippen LogP contribution in [0.1, 0.15) is 86.8 Å². The van der Waals surface area contributed by atoms with Crippen molar-refractivity contribution in [2.75, 3.05) is 13.2 Å². The molecule has 0 amide bonds. The predicted octanol–water partition coefficient (Wildman–Crippen LogP) is 10.2. The topological polar surface area (TPSA) is 18.5 Å². The predicted molar refractivity (Wildman–Crippen MR) is 169 cm³/mol. The molecule has 0 unspecified atom stereocenters. The molecule has 3 aromatic rings. The second-order valence-electron chi connectivity index (χ2n) is 12.6. The zero-order chi connectivity index (χ0) is 27.5. The Hall–Kier alpha value is -3.52. The Morgan fingerprint density at radius 1 is 0.610 bits per heavy atom. The van der Waals surface area contributed by atoms with E-state index in [1.54, 1.807) is 0 Å². The standard InChI is InChI=1S/C39H42O2/c1-5-13-29(14-6-1)31-21-22-32-25-38-37(36(32)23-31)24-33(30-15-7-2-8-16-30)26-39(38,27-40-34-17-9-3-10-18-34)28-41-35-19-11-4-12-20-35/h3-4,9-12,17-26,29-30H,1-2,5-8,13-16,27-28H2. The quantitative estimate of drug-likeness (QED) is 0.282. The summed E-state index contributed by atoms with van der Waals surface area (Å²) in [6.07, 6.45) is 20.8. The molecule has 0 radical (unpaired) electrons. The summed E-state index contributed by atoms with van der Waals surface area (Å²) in [5.74, 6) is 3.12. The fourth-order valence-electron chi connectivity index (χ4n) is 7.58. The molecular formula is C39H42O2. The minimum absolute atomic E-state index is 0.382. The van der Waals surface area contributed by atoms with Crippen molar-refractivity contribution in [3.63, 3.8) is 0 Å². The highest BCUT2D eigenvalue weighted by Crippen LogP contribution is 2.52. The summed E-state index contributed by atoms with van der Waals surface area (Å²) in [7, 11) is 0. The molecule has 0 aromatic heterocycles. The Bertz CT molecular complexity index is 1390. The number of fused-ring (bicyclic) bond motifs is 3. The third kappa shape index (κ3) is 5.54. The first kappa shape index (κ1) is 26.4. The number of hydrogen-bond acceptors (Lipinski definition) is 2. The molecule has 4 aliphatic carbocycles. The molecule has 0 N–H and O–H groups in total. The van der Waals surface area contributed by atoms with Crippen molar-refractivity contribution in [3.05, 3.63) is 119 Å². The van der Waals surface area contributed by atoms with E-state index in [1.165, 1.54) is 97.6 Å². The lowest BCUT2D eigenvalue weighted by molar-refractivity contribution is 0.149. The van der Waals surface area contributed by atoms with Gasteiger partial charge in [0.05, 0.1) is 5.41 Å². The molecule has 0 saturated heterocycles. The van der Waals surface area contributed by atoms with Gasteiger partial charge in [-0.15, -0.1) is 0 Å². The second-order valence-corrected chi connectivity index (χ2v) is 12.6. The highest BCUT2D eigenvalue weighted by atomic mass is 16.5. The Labute approximate surface area is 245 Å². The Morgan fingerprint density at radius 2 is 1.20 bits per heavy atom. The minimum Gasteiger partial charge on any atom is -0.492 e. The molecule has 2 saturated carbocycles. The average molecular weight is 543 g/mol. The SMILES string of the molecule is C1=C2C(=Cc3ccc(C4CCCCC4)cc32)C(COc2ccccc2)(COc2ccccc2)C=C1C1CCCCC1. The Balaban J connectivity index is 1.30. The van der Waals surface area contributed by atoms with Gasteiger partial charge in [-0.2, -0.15) is 0 Å². The molecule has 0 heterocycles. The molecule has 0 atom stereocenters. The molecule has 4 aliphatic rings. The third-order valence-corrected chi connectivity index (χ3v) is 9.88. The summed E-state index contributed by atoms with van der Waals surface area (Å²) < 4.78 is 13.2. The van der Waals surface area contributed by atoms with Gasteiger partial charge in [-0.05, 0) is 101 Å². The molecule has 0 spiro atoms. The monoisotopic (exact) mass is 542 g/mol. The third-order valence-electron chi connectivity index (χ3n) is 9.88. The van der Waals surface area contributed by atoms with Gasteiger partial charge in [0.15, 0.2) is 0 Å². The van der Waals surface area contributed by atoms with Crippen molar-refractivity contribution in [2.24, 2.45) is 11.3 Å². The molecule has 0 aliphatic heterocycles. The highest BCUT2D eigenvalue weighted by molar-refractivity contribution is 5.98. The molecule has 0 bridgehead atoms. The molecule has 41 heavy (non-hydrogen) atoms. The van der Waals surface area contributed by atoms with E-state index in [0.717, 1.165) is 11.5 Å². The van der Waals surface area contributed by atoms with E-state index in [-0.39, 0.29) is 5.41 Å². The van der Waals surface area contributed by atoms with Crippen LogP contribution >= 0.6 is 0 Å². The van der Waals surface area contributed by atoms with Crippen LogP contribution in [0.2, 0.25) is 0 Å². The summed E-state index contributed by atoms with van der Waals surface area (Å²) in [6, 6.07) is 27.9. The van der Waals surface area contributed by atoms with Gasteiger partial charge in [-0.1, -0.05) is 105 Å². The van der Waals surface area contributed by atoms with Crippen LogP contribution in [0.5, 0.6) is 11.5 Å². The first-order valence-electron chi connectivity index (χ1n) is 15.9. The highest BCUT2D eigenvalue weighted by Gasteiger charge is 2.43. The van der Waals surface area contributed by atoms with Crippen LogP contribution in [0.15, 0.2) is 102 Å². The molecule has 2 nitrogen and oxygen atoms in total. The summed E-state index contributed by atoms with van der Waals surface area (Å²) in [6.45, 7) is 1.10. The van der Waals surface area contributed by atoms with Crippen LogP contribution in [-0.4, -0.2) is 13.2 Å². The lowest BCUT2D eigenvalue weighted by Gasteiger charge is -2.38. The number of ether oxygens (including phenoxy) is 2. The minimum atomic E-state index is -0.382. The van der Waals surface area contributed by atoms with E-state index in [2.05, 4.69) is 85.0 Å². The number of allylic oxidation sites excluding steroid dienone is 3. The van der Waals surface area contributed by atoms with Crippen LogP contribution in [0, 0.1) is 11.3 Å². The number of rotatable bonds is 8. The Kier molecular flexibility index (Phi) is 7.57. The van der Waals surface area contributed by atoms with Gasteiger partial charge >= 0.3 is 0 Å². The normalized spacial score (nSPS) is 20.3. The van der Waals surface area contributed by atoms with Crippen LogP contribution < -0.4 is 9.47 Å². The lowest BCUT2D eigenvalue weighted by atomic mass is 9.69. The summed E-state index contributed by atoms with van der Waals surface area (Å²) in [5, 5.41) is 0. The van der Waals surface area contributed by atoms with E-state index in [9.17, 15) is 0 Å². The van der Waals surface area contributed by atoms with Crippen molar-refractivity contribution in [1.29, 1.82) is 0 Å². The van der Waals surface area contributed by atoms with Gasteiger partial charge in [0.2, 0.25) is 0 Å². The largest absolute Gasteiger partial charge is 0.492 e. The van der Waals surface area contributed by atoms with Crippen LogP contribution in [0.4, 0.5) is 0 Å². The van der Waals surface area contributed by atoms with Crippen molar-refractivity contribution in [1.82, 2.24) is 0 Å². The van der Waals surface area contributed by atoms with E-state index < -0.39 is 0 Å². The van der Waals surface area contributed by atoms with Gasteiger partial charge < -0.3 is 9.47 Å². The van der Waals surface area contributed by atoms with Gasteiger partial charge in [-0.25, -0.2) is 0 Å². The first-order chi connectivity index (χ1) is 20.3. The van der Waals surface area contributed by atoms with Gasteiger partial charge in [0.25, 0.3) is 0 Å². The van der Waals surface area contributed by atoms with E-state index in [4.69, 9.17) is 9.47 Å². The molecule has 7 rings (SSSR count). The summed E-state index contributed by atoms with van der Waals surface area (Å²) in [4.78, 5) is 0. The van der Waals surface area contributed by atoms with Crippen molar-refractivity contribution in [2.45, 2.75) is 70.1 Å². The van der Waals surface area contributed by atoms with Crippen molar-refractivity contribution in [3.8, 4) is 11.5 Å². The number of hydrogen-bond donors (Lipinski definition) is 0. The molecule has 3 aromatic carbocycles. The maximum Gasteiger partial charge on any atom is 0.119 e. The van der Waals surface area contributed by atoms with Crippen LogP contribution in [0.25, 0.3) is 11.6 Å². The van der Waals surface area contributed by atoms with E-state index in [1.807, 2.05) is 12.1 Å². The first-order valence-corrected chi connectivity index (χ1v) is 15.9. The van der Waals surface area contributed by atoms with E-state index >= 15 is 0 Å². The molecular weight excluding hydrogens is 500 g/mol. The smallest absolute Gasteiger partial charge is 0.119 e. The van der Waals surface area contributed by atoms with Crippen molar-refractivity contribution < 1.29 is 9.47 Å². The lowest BCUT2D eigenvalue weighted by Crippen LogP contribution is -2.37. The zero-order valence-corrected chi connectivity index (χ0v) is 24.2. The van der Waals surface area contributed by atoms with Crippen molar-refractivity contribution >= 4 is 11.6 Å². The Morgan fingerprint density at radius 3 is 1.80 bits per heavy atom. The van der Waals surface area contributed by atoms with Crippen LogP contribution in [-0.2, 0) is 0 Å². The molecule has 2 heteroatoms. The summed E-state index contributed by atoms with van der Waals surface area (Å²) >= 11 is 0. The zero-order valence-electron chi connectivity index (χ0n) is 24.2. The van der Waals surface area contributed by atoms with Gasteiger partial charge in [0, 0.05) is 0 Å². The fourth-order valence-corrected chi connectivity index (χ4v) is 7.58. The van der Waals surface area contributed by atoms with Gasteiger partial charge in [-0.3, -0.25) is 0 Å². The molecule has 210 valence electrons. The fraction of sp³-hybridized carbons (Fsp3) is 0.385.